The molecule has 0 aliphatic carbocycles. The molecule has 0 aromatic rings. The van der Waals surface area contributed by atoms with E-state index in [0.717, 1.165) is 18.4 Å². The van der Waals surface area contributed by atoms with Gasteiger partial charge in [0.05, 0.1) is 0 Å². The molecule has 8 amide bonds. The maximum Gasteiger partial charge on any atom is 0.341 e. The second-order valence-corrected chi connectivity index (χ2v) is 7.52. The van der Waals surface area contributed by atoms with Crippen LogP contribution in [0.3, 0.4) is 0 Å². The van der Waals surface area contributed by atoms with Crippen molar-refractivity contribution in [2.45, 2.75) is 54.4 Å². The third-order valence-electron chi connectivity index (χ3n) is 4.49. The Labute approximate surface area is 186 Å². The van der Waals surface area contributed by atoms with Gasteiger partial charge in [-0.25, -0.2) is 19.6 Å². The molecule has 0 spiro atoms. The number of carbonyl (C=O) groups is 6. The summed E-state index contributed by atoms with van der Waals surface area (Å²) >= 11 is 0. The van der Waals surface area contributed by atoms with Gasteiger partial charge in [-0.1, -0.05) is 25.0 Å². The molecule has 2 aliphatic rings. The van der Waals surface area contributed by atoms with Crippen molar-refractivity contribution in [2.24, 2.45) is 11.5 Å². The number of hydrogen-bond acceptors (Lipinski definition) is 6. The maximum absolute atomic E-state index is 12.0. The van der Waals surface area contributed by atoms with E-state index in [1.165, 1.54) is 13.8 Å². The highest BCUT2D eigenvalue weighted by molar-refractivity contribution is 6.29. The smallest absolute Gasteiger partial charge is 0.341 e. The van der Waals surface area contributed by atoms with Gasteiger partial charge in [-0.05, 0) is 40.5 Å². The normalized spacial score (nSPS) is 16.1. The molecule has 0 radical (unpaired) electrons. The second-order valence-electron chi connectivity index (χ2n) is 7.52. The molecule has 32 heavy (non-hydrogen) atoms. The number of hydrogen-bond donors (Lipinski definition) is 2. The Hall–Kier alpha value is -3.70. The van der Waals surface area contributed by atoms with Gasteiger partial charge in [0.2, 0.25) is 0 Å². The zero-order valence-electron chi connectivity index (χ0n) is 19.2. The molecule has 12 heteroatoms. The Bertz CT molecular complexity index is 854. The Kier molecular flexibility index (Phi) is 8.69. The number of nitrogens with zero attached hydrogens (tertiary/aromatic N) is 4. The van der Waals surface area contributed by atoms with Crippen molar-refractivity contribution in [2.75, 3.05) is 13.1 Å². The molecule has 0 saturated carbocycles. The number of nitrogens with two attached hydrogens (primary N) is 2. The zero-order valence-corrected chi connectivity index (χ0v) is 19.2. The van der Waals surface area contributed by atoms with Gasteiger partial charge in [0.1, 0.15) is 11.1 Å². The summed E-state index contributed by atoms with van der Waals surface area (Å²) < 4.78 is 0. The molecular formula is C20H30N6O6. The summed E-state index contributed by atoms with van der Waals surface area (Å²) in [6.45, 7) is 11.8. The minimum atomic E-state index is -1.24. The lowest BCUT2D eigenvalue weighted by molar-refractivity contribution is -0.146. The number of primary amides is 2. The highest BCUT2D eigenvalue weighted by atomic mass is 16.2. The predicted molar refractivity (Wildman–Crippen MR) is 114 cm³/mol. The molecule has 2 aliphatic heterocycles. The average Bonchev–Trinajstić information content (AvgIpc) is 3.07. The lowest BCUT2D eigenvalue weighted by atomic mass is 10.1. The van der Waals surface area contributed by atoms with Crippen LogP contribution in [-0.2, 0) is 19.2 Å². The lowest BCUT2D eigenvalue weighted by Gasteiger charge is -2.26. The van der Waals surface area contributed by atoms with E-state index in [0.29, 0.717) is 24.2 Å². The van der Waals surface area contributed by atoms with Gasteiger partial charge in [-0.2, -0.15) is 10.0 Å². The van der Waals surface area contributed by atoms with Gasteiger partial charge in [-0.3, -0.25) is 19.2 Å². The molecule has 4 N–H and O–H groups in total. The van der Waals surface area contributed by atoms with E-state index in [-0.39, 0.29) is 27.4 Å². The van der Waals surface area contributed by atoms with Crippen molar-refractivity contribution in [3.05, 3.63) is 22.3 Å². The number of hydrazine groups is 2. The van der Waals surface area contributed by atoms with Crippen LogP contribution in [0.5, 0.6) is 0 Å². The summed E-state index contributed by atoms with van der Waals surface area (Å²) in [5.41, 5.74) is 11.0. The number of amides is 8. The highest BCUT2D eigenvalue weighted by Crippen LogP contribution is 2.23. The van der Waals surface area contributed by atoms with Gasteiger partial charge < -0.3 is 11.5 Å². The molecule has 2 fully saturated rings. The third kappa shape index (κ3) is 4.95. The monoisotopic (exact) mass is 450 g/mol. The van der Waals surface area contributed by atoms with Crippen LogP contribution in [0.2, 0.25) is 0 Å². The number of rotatable bonds is 4. The summed E-state index contributed by atoms with van der Waals surface area (Å²) in [5, 5.41) is 3.59. The van der Waals surface area contributed by atoms with Crippen LogP contribution in [0, 0.1) is 0 Å². The highest BCUT2D eigenvalue weighted by Gasteiger charge is 2.47. The molecular weight excluding hydrogens is 420 g/mol. The van der Waals surface area contributed by atoms with Crippen molar-refractivity contribution in [1.29, 1.82) is 0 Å². The van der Waals surface area contributed by atoms with E-state index >= 15 is 0 Å². The van der Waals surface area contributed by atoms with Crippen LogP contribution in [0.15, 0.2) is 22.3 Å². The largest absolute Gasteiger partial charge is 0.350 e. The number of imide groups is 2. The van der Waals surface area contributed by atoms with Crippen molar-refractivity contribution < 1.29 is 28.8 Å². The molecule has 0 bridgehead atoms. The second kappa shape index (κ2) is 10.6. The van der Waals surface area contributed by atoms with E-state index in [1.807, 2.05) is 27.7 Å². The first-order valence-electron chi connectivity index (χ1n) is 10.1. The summed E-state index contributed by atoms with van der Waals surface area (Å²) in [6.07, 6.45) is 1.71. The van der Waals surface area contributed by atoms with Crippen molar-refractivity contribution in [1.82, 2.24) is 20.0 Å². The molecule has 2 rings (SSSR count). The first kappa shape index (κ1) is 26.3. The van der Waals surface area contributed by atoms with Crippen LogP contribution in [0.25, 0.3) is 0 Å². The van der Waals surface area contributed by atoms with Gasteiger partial charge in [0.15, 0.2) is 0 Å². The Balaban J connectivity index is 0.000000320. The quantitative estimate of drug-likeness (QED) is 0.474. The van der Waals surface area contributed by atoms with Crippen LogP contribution in [0.1, 0.15) is 54.4 Å². The average molecular weight is 450 g/mol. The first-order chi connectivity index (χ1) is 14.8. The minimum Gasteiger partial charge on any atom is -0.350 e. The fourth-order valence-electron chi connectivity index (χ4n) is 3.17. The molecule has 0 atom stereocenters. The summed E-state index contributed by atoms with van der Waals surface area (Å²) in [6, 6.07) is -2.48. The Morgan fingerprint density at radius 3 is 1.12 bits per heavy atom. The van der Waals surface area contributed by atoms with E-state index in [4.69, 9.17) is 11.5 Å². The molecule has 2 saturated heterocycles. The fourth-order valence-corrected chi connectivity index (χ4v) is 3.17. The molecule has 176 valence electrons. The predicted octanol–water partition coefficient (Wildman–Crippen LogP) is 0.795. The summed E-state index contributed by atoms with van der Waals surface area (Å²) in [7, 11) is 0. The maximum atomic E-state index is 12.0. The van der Waals surface area contributed by atoms with E-state index in [2.05, 4.69) is 0 Å². The third-order valence-corrected chi connectivity index (χ3v) is 4.49. The van der Waals surface area contributed by atoms with Gasteiger partial charge >= 0.3 is 12.1 Å². The Morgan fingerprint density at radius 1 is 0.625 bits per heavy atom. The van der Waals surface area contributed by atoms with Crippen LogP contribution in [0.4, 0.5) is 9.59 Å². The molecule has 2 heterocycles. The van der Waals surface area contributed by atoms with Gasteiger partial charge in [0, 0.05) is 13.1 Å². The van der Waals surface area contributed by atoms with E-state index in [9.17, 15) is 28.8 Å². The van der Waals surface area contributed by atoms with E-state index < -0.39 is 23.9 Å². The van der Waals surface area contributed by atoms with Crippen LogP contribution < -0.4 is 11.5 Å². The molecule has 0 unspecified atom stereocenters. The number of urea groups is 2. The van der Waals surface area contributed by atoms with Crippen LogP contribution >= 0.6 is 0 Å². The number of carbonyl (C=O) groups excluding carboxylic acids is 6. The topological polar surface area (TPSA) is 167 Å². The summed E-state index contributed by atoms with van der Waals surface area (Å²) in [5.74, 6) is -2.17. The van der Waals surface area contributed by atoms with Crippen LogP contribution in [-0.4, -0.2) is 68.8 Å². The number of allylic oxidation sites excluding steroid dienone is 2. The minimum absolute atomic E-state index is 0.139. The van der Waals surface area contributed by atoms with E-state index in [1.54, 1.807) is 10.0 Å². The standard InChI is InChI=1S/C12H20N2O2.C8H10N4O4/c1-5-7-13-11(15)10(9(3)4)12(16)14(13)8-6-2;1-3(2)4-5(13)11(7(9)15)12(6(4)14)8(10)16/h5-8H2,1-4H3;1-2H3,(H2,9,15)(H2,10,16). The van der Waals surface area contributed by atoms with Crippen molar-refractivity contribution in [3.8, 4) is 0 Å². The fraction of sp³-hybridized carbons (Fsp3) is 0.500. The van der Waals surface area contributed by atoms with Gasteiger partial charge in [-0.15, -0.1) is 0 Å². The van der Waals surface area contributed by atoms with Crippen molar-refractivity contribution >= 4 is 35.7 Å². The zero-order chi connectivity index (χ0) is 24.9. The first-order valence-corrected chi connectivity index (χ1v) is 10.1. The van der Waals surface area contributed by atoms with Gasteiger partial charge in [0.25, 0.3) is 23.6 Å². The Morgan fingerprint density at radius 2 is 0.906 bits per heavy atom. The summed E-state index contributed by atoms with van der Waals surface area (Å²) in [4.78, 5) is 69.2. The SMILES string of the molecule is CC(C)=C1C(=O)N(C(N)=O)N(C(N)=O)C1=O.CCCN1C(=O)C(=C(C)C)C(=O)N1CCC. The molecule has 0 aromatic carbocycles. The molecule has 12 nitrogen and oxygen atoms in total. The van der Waals surface area contributed by atoms with Crippen molar-refractivity contribution in [3.63, 3.8) is 0 Å². The molecule has 0 aromatic heterocycles. The lowest BCUT2D eigenvalue weighted by Crippen LogP contribution is -2.52.